The summed E-state index contributed by atoms with van der Waals surface area (Å²) in [6.45, 7) is 0. The highest BCUT2D eigenvalue weighted by Gasteiger charge is 2.34. The normalized spacial score (nSPS) is 18.6. The van der Waals surface area contributed by atoms with Crippen LogP contribution in [0.1, 0.15) is 35.7 Å². The molecule has 1 saturated carbocycles. The maximum Gasteiger partial charge on any atom is 0.341 e. The molecule has 0 saturated heterocycles. The van der Waals surface area contributed by atoms with Crippen LogP contribution in [0.3, 0.4) is 0 Å². The molecule has 27 heavy (non-hydrogen) atoms. The van der Waals surface area contributed by atoms with Crippen LogP contribution in [0.4, 0.5) is 15.8 Å². The lowest BCUT2D eigenvalue weighted by Crippen LogP contribution is -2.41. The molecule has 0 spiro atoms. The second-order valence-electron chi connectivity index (χ2n) is 6.60. The van der Waals surface area contributed by atoms with Gasteiger partial charge in [-0.1, -0.05) is 0 Å². The first-order chi connectivity index (χ1) is 12.8. The predicted molar refractivity (Wildman–Crippen MR) is 91.7 cm³/mol. The molecule has 10 heteroatoms. The number of carbonyl (C=O) groups excluding carboxylic acids is 1. The fourth-order valence-electron chi connectivity index (χ4n) is 3.31. The van der Waals surface area contributed by atoms with Crippen molar-refractivity contribution in [3.63, 3.8) is 0 Å². The summed E-state index contributed by atoms with van der Waals surface area (Å²) in [4.78, 5) is 47.1. The third kappa shape index (κ3) is 2.69. The van der Waals surface area contributed by atoms with Gasteiger partial charge in [0.25, 0.3) is 0 Å². The van der Waals surface area contributed by atoms with Crippen molar-refractivity contribution < 1.29 is 29.0 Å². The maximum atomic E-state index is 14.6. The molecule has 1 aliphatic heterocycles. The first-order valence-corrected chi connectivity index (χ1v) is 8.21. The lowest BCUT2D eigenvalue weighted by atomic mass is 10.0. The third-order valence-corrected chi connectivity index (χ3v) is 4.70. The van der Waals surface area contributed by atoms with E-state index in [9.17, 15) is 28.7 Å². The second-order valence-corrected chi connectivity index (χ2v) is 6.60. The Morgan fingerprint density at radius 3 is 2.52 bits per heavy atom. The molecule has 2 heterocycles. The molecule has 0 bridgehead atoms. The minimum atomic E-state index is -1.42. The topological polar surface area (TPSA) is 138 Å². The molecule has 2 aliphatic rings. The second kappa shape index (κ2) is 5.79. The quantitative estimate of drug-likeness (QED) is 0.633. The van der Waals surface area contributed by atoms with Crippen molar-refractivity contribution >= 4 is 40.1 Å². The highest BCUT2D eigenvalue weighted by Crippen LogP contribution is 2.42. The van der Waals surface area contributed by atoms with Crippen molar-refractivity contribution in [2.24, 2.45) is 0 Å². The lowest BCUT2D eigenvalue weighted by Gasteiger charge is -2.28. The number of amides is 1. The number of fused-ring (bicyclic) bond motifs is 3. The highest BCUT2D eigenvalue weighted by molar-refractivity contribution is 6.12. The van der Waals surface area contributed by atoms with Crippen molar-refractivity contribution in [2.75, 3.05) is 10.6 Å². The largest absolute Gasteiger partial charge is 0.481 e. The molecule has 1 atom stereocenters. The first-order valence-electron chi connectivity index (χ1n) is 8.21. The Labute approximate surface area is 150 Å². The van der Waals surface area contributed by atoms with Gasteiger partial charge in [0.15, 0.2) is 0 Å². The molecular formula is C17H14FN3O6. The van der Waals surface area contributed by atoms with E-state index in [0.717, 1.165) is 18.9 Å². The molecular weight excluding hydrogens is 361 g/mol. The summed E-state index contributed by atoms with van der Waals surface area (Å²) in [5, 5.41) is 23.1. The van der Waals surface area contributed by atoms with Crippen LogP contribution in [0.5, 0.6) is 0 Å². The highest BCUT2D eigenvalue weighted by atomic mass is 19.1. The number of aliphatic carboxylic acids is 1. The van der Waals surface area contributed by atoms with Crippen LogP contribution < -0.4 is 16.1 Å². The molecule has 1 amide bonds. The molecule has 1 aliphatic carbocycles. The Balaban J connectivity index is 2.00. The number of nitrogens with zero attached hydrogens (tertiary/aromatic N) is 1. The van der Waals surface area contributed by atoms with Crippen LogP contribution in [-0.4, -0.2) is 38.7 Å². The van der Waals surface area contributed by atoms with Crippen molar-refractivity contribution in [1.82, 2.24) is 4.57 Å². The zero-order valence-electron chi connectivity index (χ0n) is 13.8. The van der Waals surface area contributed by atoms with E-state index in [2.05, 4.69) is 10.6 Å². The number of hydrogen-bond donors (Lipinski definition) is 4. The Kier molecular flexibility index (Phi) is 3.65. The predicted octanol–water partition coefficient (Wildman–Crippen LogP) is 1.38. The van der Waals surface area contributed by atoms with E-state index in [1.165, 1.54) is 6.20 Å². The van der Waals surface area contributed by atoms with Crippen molar-refractivity contribution in [3.05, 3.63) is 33.9 Å². The van der Waals surface area contributed by atoms with Gasteiger partial charge in [-0.25, -0.2) is 9.18 Å². The molecule has 1 aromatic heterocycles. The van der Waals surface area contributed by atoms with Crippen molar-refractivity contribution in [2.45, 2.75) is 31.3 Å². The third-order valence-electron chi connectivity index (χ3n) is 4.70. The summed E-state index contributed by atoms with van der Waals surface area (Å²) < 4.78 is 16.2. The van der Waals surface area contributed by atoms with Gasteiger partial charge in [-0.3, -0.25) is 14.4 Å². The average molecular weight is 375 g/mol. The van der Waals surface area contributed by atoms with Crippen molar-refractivity contribution in [3.8, 4) is 0 Å². The number of aromatic nitrogens is 1. The van der Waals surface area contributed by atoms with E-state index < -0.39 is 47.1 Å². The number of aromatic carboxylic acids is 1. The lowest BCUT2D eigenvalue weighted by molar-refractivity contribution is -0.138. The van der Waals surface area contributed by atoms with E-state index in [1.807, 2.05) is 0 Å². The first kappa shape index (κ1) is 17.0. The van der Waals surface area contributed by atoms with Gasteiger partial charge in [0.2, 0.25) is 11.3 Å². The fourth-order valence-corrected chi connectivity index (χ4v) is 3.31. The molecule has 0 radical (unpaired) electrons. The standard InChI is InChI=1S/C17H14FN3O6/c18-9-3-7-14(13-12(9)19-10(4-11(22)23)16(25)20-13)21(6-1-2-6)5-8(15(7)24)17(26)27/h3,5-6,10,19H,1-2,4H2,(H,20,25)(H,22,23)(H,26,27)/t10-/m0/s1. The van der Waals surface area contributed by atoms with E-state index in [1.54, 1.807) is 4.57 Å². The average Bonchev–Trinajstić information content (AvgIpc) is 3.41. The van der Waals surface area contributed by atoms with Gasteiger partial charge in [0.1, 0.15) is 17.4 Å². The summed E-state index contributed by atoms with van der Waals surface area (Å²) in [6, 6.07) is -0.305. The van der Waals surface area contributed by atoms with Gasteiger partial charge in [-0.15, -0.1) is 0 Å². The maximum absolute atomic E-state index is 14.6. The Bertz CT molecular complexity index is 1090. The van der Waals surface area contributed by atoms with Gasteiger partial charge in [0, 0.05) is 12.2 Å². The van der Waals surface area contributed by atoms with E-state index in [-0.39, 0.29) is 28.3 Å². The van der Waals surface area contributed by atoms with Crippen LogP contribution in [0.15, 0.2) is 17.1 Å². The molecule has 140 valence electrons. The van der Waals surface area contributed by atoms with Gasteiger partial charge in [-0.05, 0) is 18.9 Å². The zero-order valence-corrected chi connectivity index (χ0v) is 13.8. The van der Waals surface area contributed by atoms with Crippen LogP contribution in [-0.2, 0) is 9.59 Å². The van der Waals surface area contributed by atoms with Crippen LogP contribution in [0, 0.1) is 5.82 Å². The van der Waals surface area contributed by atoms with Gasteiger partial charge >= 0.3 is 11.9 Å². The SMILES string of the molecule is O=C(O)C[C@@H]1Nc2c(F)cc3c(=O)c(C(=O)O)cn(C4CC4)c3c2NC1=O. The summed E-state index contributed by atoms with van der Waals surface area (Å²) in [7, 11) is 0. The summed E-state index contributed by atoms with van der Waals surface area (Å²) in [5.74, 6) is -4.20. The molecule has 0 unspecified atom stereocenters. The number of halogens is 1. The summed E-state index contributed by atoms with van der Waals surface area (Å²) >= 11 is 0. The fraction of sp³-hybridized carbons (Fsp3) is 0.294. The Morgan fingerprint density at radius 2 is 1.93 bits per heavy atom. The van der Waals surface area contributed by atoms with Crippen LogP contribution >= 0.6 is 0 Å². The minimum absolute atomic E-state index is 0.0116. The summed E-state index contributed by atoms with van der Waals surface area (Å²) in [6.07, 6.45) is 2.17. The number of benzene rings is 1. The smallest absolute Gasteiger partial charge is 0.341 e. The van der Waals surface area contributed by atoms with Crippen molar-refractivity contribution in [1.29, 1.82) is 0 Å². The zero-order chi connectivity index (χ0) is 19.5. The van der Waals surface area contributed by atoms with Crippen LogP contribution in [0.2, 0.25) is 0 Å². The number of pyridine rings is 1. The molecule has 9 nitrogen and oxygen atoms in total. The summed E-state index contributed by atoms with van der Waals surface area (Å²) in [5.41, 5.74) is -1.22. The monoisotopic (exact) mass is 375 g/mol. The van der Waals surface area contributed by atoms with E-state index in [0.29, 0.717) is 0 Å². The number of carboxylic acids is 2. The van der Waals surface area contributed by atoms with E-state index in [4.69, 9.17) is 5.11 Å². The Hall–Kier alpha value is -3.43. The van der Waals surface area contributed by atoms with Gasteiger partial charge < -0.3 is 25.4 Å². The number of nitrogens with one attached hydrogen (secondary N) is 2. The Morgan fingerprint density at radius 1 is 1.22 bits per heavy atom. The molecule has 1 fully saturated rings. The number of carbonyl (C=O) groups is 3. The minimum Gasteiger partial charge on any atom is -0.481 e. The molecule has 1 aromatic carbocycles. The number of carboxylic acid groups (broad SMARTS) is 2. The number of anilines is 2. The molecule has 4 rings (SSSR count). The molecule has 4 N–H and O–H groups in total. The van der Waals surface area contributed by atoms with E-state index >= 15 is 0 Å². The van der Waals surface area contributed by atoms with Crippen LogP contribution in [0.25, 0.3) is 10.9 Å². The number of rotatable bonds is 4. The number of hydrogen-bond acceptors (Lipinski definition) is 5. The van der Waals surface area contributed by atoms with Gasteiger partial charge in [0.05, 0.1) is 28.7 Å². The molecule has 2 aromatic rings. The van der Waals surface area contributed by atoms with Gasteiger partial charge in [-0.2, -0.15) is 0 Å².